The summed E-state index contributed by atoms with van der Waals surface area (Å²) >= 11 is 0. The van der Waals surface area contributed by atoms with Crippen LogP contribution in [-0.2, 0) is 9.94 Å². The third kappa shape index (κ3) is 2.92. The highest BCUT2D eigenvalue weighted by Crippen LogP contribution is 2.14. The number of rotatable bonds is 2. The zero-order chi connectivity index (χ0) is 9.80. The lowest BCUT2D eigenvalue weighted by atomic mass is 10.1. The number of piperidine rings is 2. The van der Waals surface area contributed by atoms with Crippen molar-refractivity contribution in [2.45, 2.75) is 37.9 Å². The Labute approximate surface area is 85.2 Å². The molecule has 1 atom stereocenters. The zero-order valence-electron chi connectivity index (χ0n) is 8.58. The normalized spacial score (nSPS) is 31.9. The van der Waals surface area contributed by atoms with E-state index in [1.54, 1.807) is 0 Å². The molecule has 2 aliphatic heterocycles. The van der Waals surface area contributed by atoms with Gasteiger partial charge in [0.15, 0.2) is 0 Å². The summed E-state index contributed by atoms with van der Waals surface area (Å²) in [4.78, 5) is 5.81. The maximum atomic E-state index is 11.1. The van der Waals surface area contributed by atoms with Gasteiger partial charge in [-0.05, 0) is 32.2 Å². The van der Waals surface area contributed by atoms with Crippen LogP contribution in [0, 0.1) is 0 Å². The quantitative estimate of drug-likeness (QED) is 0.707. The van der Waals surface area contributed by atoms with E-state index in [4.69, 9.17) is 4.84 Å². The van der Waals surface area contributed by atoms with Gasteiger partial charge in [0.05, 0.1) is 12.2 Å². The second kappa shape index (κ2) is 5.07. The monoisotopic (exact) mass is 199 g/mol. The minimum atomic E-state index is -0.362. The molecule has 1 radical (unpaired) electrons. The lowest BCUT2D eigenvalue weighted by molar-refractivity contribution is -0.219. The van der Waals surface area contributed by atoms with Gasteiger partial charge in [-0.25, -0.2) is 5.11 Å². The first-order valence-corrected chi connectivity index (χ1v) is 5.63. The van der Waals surface area contributed by atoms with Crippen molar-refractivity contribution in [3.8, 4) is 0 Å². The molecule has 14 heavy (non-hydrogen) atoms. The summed E-state index contributed by atoms with van der Waals surface area (Å²) in [6, 6.07) is 0. The second-order valence-electron chi connectivity index (χ2n) is 4.20. The lowest BCUT2D eigenvalue weighted by Gasteiger charge is -2.33. The molecule has 0 amide bonds. The summed E-state index contributed by atoms with van der Waals surface area (Å²) < 4.78 is 0. The van der Waals surface area contributed by atoms with Crippen LogP contribution in [-0.4, -0.2) is 43.5 Å². The Kier molecular flexibility index (Phi) is 3.75. The fourth-order valence-electron chi connectivity index (χ4n) is 2.06. The van der Waals surface area contributed by atoms with E-state index in [2.05, 4.69) is 5.32 Å². The van der Waals surface area contributed by atoms with Gasteiger partial charge >= 0.3 is 0 Å². The molecule has 0 aromatic carbocycles. The Morgan fingerprint density at radius 1 is 1.21 bits per heavy atom. The maximum absolute atomic E-state index is 11.1. The van der Waals surface area contributed by atoms with E-state index < -0.39 is 0 Å². The second-order valence-corrected chi connectivity index (χ2v) is 4.20. The van der Waals surface area contributed by atoms with E-state index in [0.717, 1.165) is 45.4 Å². The van der Waals surface area contributed by atoms with E-state index in [1.165, 1.54) is 6.42 Å². The van der Waals surface area contributed by atoms with Crippen molar-refractivity contribution in [3.05, 3.63) is 0 Å². The predicted molar refractivity (Wildman–Crippen MR) is 52.3 cm³/mol. The molecule has 0 bridgehead atoms. The minimum Gasteiger partial charge on any atom is -0.314 e. The third-order valence-corrected chi connectivity index (χ3v) is 2.95. The number of hydrogen-bond acceptors (Lipinski definition) is 3. The van der Waals surface area contributed by atoms with Gasteiger partial charge < -0.3 is 5.32 Å². The Hall–Kier alpha value is -0.160. The highest BCUT2D eigenvalue weighted by Gasteiger charge is 2.22. The number of nitrogens with one attached hydrogen (secondary N) is 1. The number of nitrogens with zero attached hydrogens (tertiary/aromatic N) is 1. The third-order valence-electron chi connectivity index (χ3n) is 2.95. The highest BCUT2D eigenvalue weighted by molar-refractivity contribution is 4.70. The first-order valence-electron chi connectivity index (χ1n) is 5.63. The first-order chi connectivity index (χ1) is 6.84. The summed E-state index contributed by atoms with van der Waals surface area (Å²) in [5, 5.41) is 16.4. The molecular weight excluding hydrogens is 180 g/mol. The first kappa shape index (κ1) is 10.4. The molecule has 2 saturated heterocycles. The minimum absolute atomic E-state index is 0.326. The van der Waals surface area contributed by atoms with Crippen molar-refractivity contribution in [1.82, 2.24) is 10.4 Å². The maximum Gasteiger partial charge on any atom is 0.0956 e. The van der Waals surface area contributed by atoms with Gasteiger partial charge in [-0.2, -0.15) is 5.06 Å². The van der Waals surface area contributed by atoms with E-state index in [9.17, 15) is 5.11 Å². The van der Waals surface area contributed by atoms with E-state index in [0.29, 0.717) is 6.10 Å². The smallest absolute Gasteiger partial charge is 0.0956 e. The van der Waals surface area contributed by atoms with Crippen molar-refractivity contribution in [1.29, 1.82) is 0 Å². The summed E-state index contributed by atoms with van der Waals surface area (Å²) in [6.45, 7) is 3.69. The van der Waals surface area contributed by atoms with Gasteiger partial charge in [-0.15, -0.1) is 0 Å². The van der Waals surface area contributed by atoms with Crippen molar-refractivity contribution in [2.75, 3.05) is 26.2 Å². The molecule has 4 heteroatoms. The van der Waals surface area contributed by atoms with E-state index in [1.807, 2.05) is 5.06 Å². The van der Waals surface area contributed by atoms with Crippen LogP contribution < -0.4 is 5.32 Å². The largest absolute Gasteiger partial charge is 0.314 e. The number of hydroxylamine groups is 2. The molecule has 2 aliphatic rings. The Balaban J connectivity index is 1.68. The Morgan fingerprint density at radius 2 is 2.00 bits per heavy atom. The number of hydrogen-bond donors (Lipinski definition) is 1. The fraction of sp³-hybridized carbons (Fsp3) is 1.00. The van der Waals surface area contributed by atoms with Gasteiger partial charge in [0.25, 0.3) is 0 Å². The van der Waals surface area contributed by atoms with Gasteiger partial charge in [-0.1, -0.05) is 0 Å². The molecule has 4 nitrogen and oxygen atoms in total. The Bertz CT molecular complexity index is 164. The summed E-state index contributed by atoms with van der Waals surface area (Å²) in [6.07, 6.45) is 3.78. The molecule has 81 valence electrons. The molecule has 2 fully saturated rings. The predicted octanol–water partition coefficient (Wildman–Crippen LogP) is 0.565. The van der Waals surface area contributed by atoms with E-state index in [-0.39, 0.29) is 6.10 Å². The van der Waals surface area contributed by atoms with E-state index >= 15 is 0 Å². The van der Waals surface area contributed by atoms with Crippen LogP contribution in [0.5, 0.6) is 0 Å². The molecule has 0 saturated carbocycles. The lowest BCUT2D eigenvalue weighted by Crippen LogP contribution is -2.43. The molecule has 0 spiro atoms. The topological polar surface area (TPSA) is 44.4 Å². The van der Waals surface area contributed by atoms with Crippen LogP contribution in [0.15, 0.2) is 0 Å². The van der Waals surface area contributed by atoms with Crippen LogP contribution in [0.25, 0.3) is 0 Å². The molecule has 2 heterocycles. The highest BCUT2D eigenvalue weighted by atomic mass is 16.7. The van der Waals surface area contributed by atoms with Crippen LogP contribution in [0.4, 0.5) is 0 Å². The molecule has 1 N–H and O–H groups in total. The van der Waals surface area contributed by atoms with Gasteiger partial charge in [0.1, 0.15) is 0 Å². The van der Waals surface area contributed by atoms with Crippen LogP contribution in [0.2, 0.25) is 0 Å². The van der Waals surface area contributed by atoms with Crippen LogP contribution >= 0.6 is 0 Å². The van der Waals surface area contributed by atoms with Crippen molar-refractivity contribution >= 4 is 0 Å². The molecule has 2 rings (SSSR count). The van der Waals surface area contributed by atoms with Gasteiger partial charge in [-0.3, -0.25) is 4.84 Å². The summed E-state index contributed by atoms with van der Waals surface area (Å²) in [5.41, 5.74) is 0. The standard InChI is InChI=1S/C10H19N2O2/c13-9-3-6-12(7-4-9)14-10-2-1-5-11-8-10/h9-11H,1-8H2. The van der Waals surface area contributed by atoms with Gasteiger partial charge in [0, 0.05) is 19.6 Å². The fourth-order valence-corrected chi connectivity index (χ4v) is 2.06. The average molecular weight is 199 g/mol. The molecule has 1 unspecified atom stereocenters. The van der Waals surface area contributed by atoms with Crippen molar-refractivity contribution in [2.24, 2.45) is 0 Å². The summed E-state index contributed by atoms with van der Waals surface area (Å²) in [7, 11) is 0. The van der Waals surface area contributed by atoms with Crippen molar-refractivity contribution < 1.29 is 9.94 Å². The van der Waals surface area contributed by atoms with Crippen LogP contribution in [0.1, 0.15) is 25.7 Å². The average Bonchev–Trinajstić information content (AvgIpc) is 2.23. The summed E-state index contributed by atoms with van der Waals surface area (Å²) in [5.74, 6) is 0. The van der Waals surface area contributed by atoms with Gasteiger partial charge in [0.2, 0.25) is 0 Å². The van der Waals surface area contributed by atoms with Crippen molar-refractivity contribution in [3.63, 3.8) is 0 Å². The SMILES string of the molecule is [O]C1CCN(OC2CCCNC2)CC1. The van der Waals surface area contributed by atoms with Crippen LogP contribution in [0.3, 0.4) is 0 Å². The molecule has 0 aromatic heterocycles. The molecule has 0 aliphatic carbocycles. The molecule has 0 aromatic rings. The Morgan fingerprint density at radius 3 is 2.64 bits per heavy atom. The zero-order valence-corrected chi connectivity index (χ0v) is 8.58. The molecular formula is C10H19N2O2.